The van der Waals surface area contributed by atoms with Crippen LogP contribution in [0.2, 0.25) is 0 Å². The summed E-state index contributed by atoms with van der Waals surface area (Å²) in [7, 11) is 1.16. The molecular formula is C22H18F3N3O5. The number of esters is 1. The van der Waals surface area contributed by atoms with Crippen molar-refractivity contribution in [3.63, 3.8) is 0 Å². The van der Waals surface area contributed by atoms with Crippen LogP contribution < -0.4 is 17.0 Å². The predicted octanol–water partition coefficient (Wildman–Crippen LogP) is 2.24. The fraction of sp³-hybridized carbons (Fsp3) is 0.182. The second-order valence-corrected chi connectivity index (χ2v) is 7.06. The van der Waals surface area contributed by atoms with Crippen LogP contribution in [0.1, 0.15) is 31.8 Å². The fourth-order valence-electron chi connectivity index (χ4n) is 3.07. The zero-order chi connectivity index (χ0) is 24.3. The van der Waals surface area contributed by atoms with Gasteiger partial charge in [0.15, 0.2) is 6.61 Å². The molecule has 0 spiro atoms. The Morgan fingerprint density at radius 2 is 1.70 bits per heavy atom. The van der Waals surface area contributed by atoms with E-state index in [9.17, 15) is 32.3 Å². The van der Waals surface area contributed by atoms with Gasteiger partial charge >= 0.3 is 17.8 Å². The molecule has 33 heavy (non-hydrogen) atoms. The van der Waals surface area contributed by atoms with E-state index in [4.69, 9.17) is 10.5 Å². The molecule has 0 saturated carbocycles. The van der Waals surface area contributed by atoms with E-state index >= 15 is 0 Å². The maximum atomic E-state index is 12.8. The number of nitrogens with two attached hydrogens (primary N) is 1. The lowest BCUT2D eigenvalue weighted by Gasteiger charge is -2.15. The number of benzene rings is 2. The maximum Gasteiger partial charge on any atom is 0.416 e. The van der Waals surface area contributed by atoms with Gasteiger partial charge in [-0.1, -0.05) is 36.4 Å². The number of rotatable bonds is 6. The van der Waals surface area contributed by atoms with Crippen molar-refractivity contribution in [2.45, 2.75) is 12.7 Å². The first-order valence-electron chi connectivity index (χ1n) is 9.51. The second-order valence-electron chi connectivity index (χ2n) is 7.06. The summed E-state index contributed by atoms with van der Waals surface area (Å²) < 4.78 is 45.0. The number of halogens is 3. The molecule has 172 valence electrons. The normalized spacial score (nSPS) is 11.3. The molecule has 0 unspecified atom stereocenters. The van der Waals surface area contributed by atoms with Gasteiger partial charge in [0.25, 0.3) is 5.56 Å². The minimum atomic E-state index is -4.67. The Balaban J connectivity index is 1.86. The molecule has 0 aliphatic rings. The van der Waals surface area contributed by atoms with Gasteiger partial charge in [0, 0.05) is 7.05 Å². The molecule has 11 heteroatoms. The number of ketones is 1. The SMILES string of the molecule is Cn1c(=O)c(C(=O)COC(=O)c2cccc(C(F)(F)F)c2)c(N)n(Cc2ccccc2)c1=O. The van der Waals surface area contributed by atoms with Gasteiger partial charge in [-0.25, -0.2) is 9.59 Å². The maximum absolute atomic E-state index is 12.8. The molecule has 0 aliphatic carbocycles. The van der Waals surface area contributed by atoms with Crippen LogP contribution in [-0.2, 0) is 24.5 Å². The largest absolute Gasteiger partial charge is 0.454 e. The average molecular weight is 461 g/mol. The summed E-state index contributed by atoms with van der Waals surface area (Å²) >= 11 is 0. The van der Waals surface area contributed by atoms with E-state index in [0.29, 0.717) is 16.2 Å². The van der Waals surface area contributed by atoms with Gasteiger partial charge in [0.1, 0.15) is 11.4 Å². The van der Waals surface area contributed by atoms with Crippen molar-refractivity contribution >= 4 is 17.6 Å². The number of alkyl halides is 3. The molecule has 0 radical (unpaired) electrons. The van der Waals surface area contributed by atoms with Crippen LogP contribution in [0.3, 0.4) is 0 Å². The average Bonchev–Trinajstić information content (AvgIpc) is 2.79. The number of carbonyl (C=O) groups is 2. The highest BCUT2D eigenvalue weighted by atomic mass is 19.4. The highest BCUT2D eigenvalue weighted by molar-refractivity contribution is 6.02. The van der Waals surface area contributed by atoms with Crippen molar-refractivity contribution in [1.82, 2.24) is 9.13 Å². The van der Waals surface area contributed by atoms with E-state index in [1.54, 1.807) is 30.3 Å². The van der Waals surface area contributed by atoms with E-state index in [1.165, 1.54) is 0 Å². The summed E-state index contributed by atoms with van der Waals surface area (Å²) in [4.78, 5) is 49.8. The third-order valence-corrected chi connectivity index (χ3v) is 4.81. The summed E-state index contributed by atoms with van der Waals surface area (Å²) in [6.07, 6.45) is -4.67. The molecule has 0 aliphatic heterocycles. The first kappa shape index (κ1) is 23.5. The topological polar surface area (TPSA) is 113 Å². The number of hydrogen-bond donors (Lipinski definition) is 1. The number of aromatic nitrogens is 2. The fourth-order valence-corrected chi connectivity index (χ4v) is 3.07. The summed E-state index contributed by atoms with van der Waals surface area (Å²) in [5, 5.41) is 0. The molecule has 0 amide bonds. The van der Waals surface area contributed by atoms with Crippen molar-refractivity contribution < 1.29 is 27.5 Å². The van der Waals surface area contributed by atoms with E-state index in [-0.39, 0.29) is 6.54 Å². The number of anilines is 1. The lowest BCUT2D eigenvalue weighted by Crippen LogP contribution is -2.43. The highest BCUT2D eigenvalue weighted by Gasteiger charge is 2.31. The zero-order valence-electron chi connectivity index (χ0n) is 17.3. The Bertz CT molecular complexity index is 1330. The second kappa shape index (κ2) is 9.15. The van der Waals surface area contributed by atoms with Crippen LogP contribution in [0.25, 0.3) is 0 Å². The monoisotopic (exact) mass is 461 g/mol. The van der Waals surface area contributed by atoms with Gasteiger partial charge in [0.05, 0.1) is 17.7 Å². The van der Waals surface area contributed by atoms with Crippen LogP contribution in [-0.4, -0.2) is 27.5 Å². The highest BCUT2D eigenvalue weighted by Crippen LogP contribution is 2.29. The van der Waals surface area contributed by atoms with Crippen molar-refractivity contribution in [3.8, 4) is 0 Å². The lowest BCUT2D eigenvalue weighted by molar-refractivity contribution is -0.137. The number of nitrogen functional groups attached to an aromatic ring is 1. The first-order chi connectivity index (χ1) is 15.5. The standard InChI is InChI=1S/C22H18F3N3O5/c1-27-19(30)17(18(26)28(21(27)32)11-13-6-3-2-4-7-13)16(29)12-33-20(31)14-8-5-9-15(10-14)22(23,24)25/h2-10H,11-12,26H2,1H3. The molecule has 2 N–H and O–H groups in total. The van der Waals surface area contributed by atoms with E-state index in [2.05, 4.69) is 0 Å². The Morgan fingerprint density at radius 3 is 2.33 bits per heavy atom. The lowest BCUT2D eigenvalue weighted by atomic mass is 10.1. The summed E-state index contributed by atoms with van der Waals surface area (Å²) in [5.41, 5.74) is 2.85. The number of ether oxygens (including phenoxy) is 1. The van der Waals surface area contributed by atoms with Crippen LogP contribution in [0.15, 0.2) is 64.2 Å². The third-order valence-electron chi connectivity index (χ3n) is 4.81. The van der Waals surface area contributed by atoms with Gasteiger partial charge in [-0.05, 0) is 23.8 Å². The number of carbonyl (C=O) groups excluding carboxylic acids is 2. The Labute approximate surface area is 184 Å². The van der Waals surface area contributed by atoms with Crippen LogP contribution >= 0.6 is 0 Å². The van der Waals surface area contributed by atoms with Crippen LogP contribution in [0.4, 0.5) is 19.0 Å². The van der Waals surface area contributed by atoms with Crippen molar-refractivity contribution in [2.75, 3.05) is 12.3 Å². The zero-order valence-corrected chi connectivity index (χ0v) is 17.3. The molecule has 1 heterocycles. The Morgan fingerprint density at radius 1 is 1.03 bits per heavy atom. The van der Waals surface area contributed by atoms with Crippen LogP contribution in [0.5, 0.6) is 0 Å². The van der Waals surface area contributed by atoms with Gasteiger partial charge in [-0.3, -0.25) is 18.7 Å². The molecule has 8 nitrogen and oxygen atoms in total. The number of nitrogens with zero attached hydrogens (tertiary/aromatic N) is 2. The molecule has 0 atom stereocenters. The van der Waals surface area contributed by atoms with Gasteiger partial charge in [-0.15, -0.1) is 0 Å². The van der Waals surface area contributed by atoms with E-state index < -0.39 is 58.3 Å². The molecular weight excluding hydrogens is 443 g/mol. The molecule has 0 fully saturated rings. The van der Waals surface area contributed by atoms with E-state index in [1.807, 2.05) is 0 Å². The Kier molecular flexibility index (Phi) is 6.52. The summed E-state index contributed by atoms with van der Waals surface area (Å²) in [5.74, 6) is -2.61. The third kappa shape index (κ3) is 5.03. The van der Waals surface area contributed by atoms with Gasteiger partial charge < -0.3 is 10.5 Å². The molecule has 2 aromatic carbocycles. The van der Waals surface area contributed by atoms with Crippen LogP contribution in [0, 0.1) is 0 Å². The molecule has 1 aromatic heterocycles. The first-order valence-corrected chi connectivity index (χ1v) is 9.51. The summed E-state index contributed by atoms with van der Waals surface area (Å²) in [6.45, 7) is -0.984. The number of Topliss-reactive ketones (excluding diaryl/α,β-unsaturated/α-hetero) is 1. The molecule has 3 rings (SSSR count). The number of hydrogen-bond acceptors (Lipinski definition) is 6. The Hall–Kier alpha value is -4.15. The molecule has 3 aromatic rings. The van der Waals surface area contributed by atoms with Crippen molar-refractivity contribution in [2.24, 2.45) is 7.05 Å². The quantitative estimate of drug-likeness (QED) is 0.445. The van der Waals surface area contributed by atoms with Crippen molar-refractivity contribution in [3.05, 3.63) is 97.7 Å². The van der Waals surface area contributed by atoms with E-state index in [0.717, 1.165) is 29.8 Å². The smallest absolute Gasteiger partial charge is 0.416 e. The summed E-state index contributed by atoms with van der Waals surface area (Å²) in [6, 6.07) is 12.1. The minimum Gasteiger partial charge on any atom is -0.454 e. The van der Waals surface area contributed by atoms with Gasteiger partial charge in [-0.2, -0.15) is 13.2 Å². The minimum absolute atomic E-state index is 0.0239. The van der Waals surface area contributed by atoms with Crippen molar-refractivity contribution in [1.29, 1.82) is 0 Å². The predicted molar refractivity (Wildman–Crippen MR) is 112 cm³/mol. The molecule has 0 saturated heterocycles. The van der Waals surface area contributed by atoms with Gasteiger partial charge in [0.2, 0.25) is 5.78 Å². The molecule has 0 bridgehead atoms.